The number of carbonyl (C=O) groups is 1. The van der Waals surface area contributed by atoms with E-state index < -0.39 is 0 Å². The second-order valence-corrected chi connectivity index (χ2v) is 4.03. The zero-order valence-corrected chi connectivity index (χ0v) is 6.81. The maximum Gasteiger partial charge on any atom is 0.136 e. The highest BCUT2D eigenvalue weighted by molar-refractivity contribution is 5.58. The van der Waals surface area contributed by atoms with E-state index in [0.29, 0.717) is 5.41 Å². The molecule has 1 atom stereocenters. The van der Waals surface area contributed by atoms with Crippen LogP contribution in [0.5, 0.6) is 0 Å². The third kappa shape index (κ3) is 1.20. The average Bonchev–Trinajstić information content (AvgIpc) is 2.62. The van der Waals surface area contributed by atoms with Gasteiger partial charge in [0.25, 0.3) is 0 Å². The highest BCUT2D eigenvalue weighted by Crippen LogP contribution is 2.43. The Kier molecular flexibility index (Phi) is 1.72. The van der Waals surface area contributed by atoms with E-state index in [2.05, 4.69) is 5.32 Å². The fourth-order valence-corrected chi connectivity index (χ4v) is 2.56. The molecule has 2 aliphatic rings. The minimum Gasteiger partial charge on any atom is -0.307 e. The van der Waals surface area contributed by atoms with Crippen molar-refractivity contribution in [3.05, 3.63) is 0 Å². The zero-order chi connectivity index (χ0) is 7.73. The van der Waals surface area contributed by atoms with Gasteiger partial charge in [-0.05, 0) is 24.7 Å². The highest BCUT2D eigenvalue weighted by atomic mass is 16.1. The van der Waals surface area contributed by atoms with Crippen LogP contribution in [0, 0.1) is 5.41 Å². The summed E-state index contributed by atoms with van der Waals surface area (Å²) >= 11 is 0. The topological polar surface area (TPSA) is 29.1 Å². The molecule has 0 radical (unpaired) electrons. The number of carbonyl (C=O) groups excluding carboxylic acids is 1. The molecule has 1 N–H and O–H groups in total. The maximum atomic E-state index is 10.5. The van der Waals surface area contributed by atoms with Crippen molar-refractivity contribution in [3.8, 4) is 0 Å². The first-order valence-corrected chi connectivity index (χ1v) is 4.53. The third-order valence-corrected chi connectivity index (χ3v) is 3.22. The van der Waals surface area contributed by atoms with Crippen molar-refractivity contribution in [2.45, 2.75) is 38.1 Å². The highest BCUT2D eigenvalue weighted by Gasteiger charge is 2.40. The summed E-state index contributed by atoms with van der Waals surface area (Å²) in [4.78, 5) is 10.5. The first-order valence-electron chi connectivity index (χ1n) is 4.53. The molecular weight excluding hydrogens is 138 g/mol. The summed E-state index contributed by atoms with van der Waals surface area (Å²) in [7, 11) is 0. The van der Waals surface area contributed by atoms with Crippen molar-refractivity contribution in [2.75, 3.05) is 6.54 Å². The van der Waals surface area contributed by atoms with Crippen molar-refractivity contribution in [3.63, 3.8) is 0 Å². The lowest BCUT2D eigenvalue weighted by Gasteiger charge is -2.20. The van der Waals surface area contributed by atoms with E-state index in [4.69, 9.17) is 0 Å². The molecule has 2 heteroatoms. The molecular formula is C9H15NO. The van der Waals surface area contributed by atoms with Crippen molar-refractivity contribution >= 4 is 6.29 Å². The van der Waals surface area contributed by atoms with Gasteiger partial charge in [0, 0.05) is 6.54 Å². The summed E-state index contributed by atoms with van der Waals surface area (Å²) in [6.07, 6.45) is 7.57. The molecule has 0 aromatic carbocycles. The first-order chi connectivity index (χ1) is 5.35. The van der Waals surface area contributed by atoms with E-state index in [9.17, 15) is 4.79 Å². The first kappa shape index (κ1) is 7.29. The van der Waals surface area contributed by atoms with E-state index in [-0.39, 0.29) is 6.04 Å². The van der Waals surface area contributed by atoms with Crippen LogP contribution in [0.1, 0.15) is 32.1 Å². The van der Waals surface area contributed by atoms with Crippen molar-refractivity contribution in [1.82, 2.24) is 5.32 Å². The zero-order valence-electron chi connectivity index (χ0n) is 6.81. The van der Waals surface area contributed by atoms with E-state index in [1.807, 2.05) is 0 Å². The fraction of sp³-hybridized carbons (Fsp3) is 0.889. The molecule has 0 unspecified atom stereocenters. The smallest absolute Gasteiger partial charge is 0.136 e. The van der Waals surface area contributed by atoms with Gasteiger partial charge in [0.15, 0.2) is 0 Å². The molecule has 0 bridgehead atoms. The number of hydrogen-bond donors (Lipinski definition) is 1. The Hall–Kier alpha value is -0.370. The predicted octanol–water partition coefficient (Wildman–Crippen LogP) is 1.11. The average molecular weight is 153 g/mol. The fourth-order valence-electron chi connectivity index (χ4n) is 2.56. The molecule has 62 valence electrons. The van der Waals surface area contributed by atoms with Gasteiger partial charge in [-0.25, -0.2) is 0 Å². The van der Waals surface area contributed by atoms with E-state index >= 15 is 0 Å². The van der Waals surface area contributed by atoms with Gasteiger partial charge in [0.05, 0.1) is 6.04 Å². The van der Waals surface area contributed by atoms with Crippen LogP contribution in [0.3, 0.4) is 0 Å². The van der Waals surface area contributed by atoms with Gasteiger partial charge in [0.1, 0.15) is 6.29 Å². The van der Waals surface area contributed by atoms with Crippen LogP contribution in [0.2, 0.25) is 0 Å². The maximum absolute atomic E-state index is 10.5. The van der Waals surface area contributed by atoms with Crippen LogP contribution in [0.15, 0.2) is 0 Å². The van der Waals surface area contributed by atoms with Crippen LogP contribution in [-0.4, -0.2) is 18.9 Å². The largest absolute Gasteiger partial charge is 0.307 e. The summed E-state index contributed by atoms with van der Waals surface area (Å²) in [5.74, 6) is 0. The molecule has 1 spiro atoms. The monoisotopic (exact) mass is 153 g/mol. The number of hydrogen-bond acceptors (Lipinski definition) is 2. The summed E-state index contributed by atoms with van der Waals surface area (Å²) in [6, 6.07) is 0.160. The number of nitrogens with one attached hydrogen (secondary N) is 1. The van der Waals surface area contributed by atoms with Crippen molar-refractivity contribution in [1.29, 1.82) is 0 Å². The quantitative estimate of drug-likeness (QED) is 0.572. The Morgan fingerprint density at radius 3 is 2.64 bits per heavy atom. The standard InChI is InChI=1S/C9H15NO/c11-6-8-5-9(7-10-8)3-1-2-4-9/h6,8,10H,1-5,7H2/t8-/m0/s1. The van der Waals surface area contributed by atoms with Crippen LogP contribution in [0.25, 0.3) is 0 Å². The Bertz CT molecular complexity index is 161. The van der Waals surface area contributed by atoms with Crippen LogP contribution < -0.4 is 5.32 Å². The van der Waals surface area contributed by atoms with Crippen LogP contribution >= 0.6 is 0 Å². The molecule has 2 fully saturated rings. The minimum atomic E-state index is 0.160. The lowest BCUT2D eigenvalue weighted by atomic mass is 9.84. The van der Waals surface area contributed by atoms with Gasteiger partial charge in [-0.3, -0.25) is 0 Å². The van der Waals surface area contributed by atoms with Gasteiger partial charge in [0.2, 0.25) is 0 Å². The second kappa shape index (κ2) is 2.59. The van der Waals surface area contributed by atoms with Crippen molar-refractivity contribution < 1.29 is 4.79 Å². The van der Waals surface area contributed by atoms with Gasteiger partial charge in [-0.2, -0.15) is 0 Å². The normalized spacial score (nSPS) is 34.7. The molecule has 2 rings (SSSR count). The van der Waals surface area contributed by atoms with Crippen LogP contribution in [0.4, 0.5) is 0 Å². The minimum absolute atomic E-state index is 0.160. The molecule has 11 heavy (non-hydrogen) atoms. The molecule has 1 saturated carbocycles. The van der Waals surface area contributed by atoms with Crippen molar-refractivity contribution in [2.24, 2.45) is 5.41 Å². The SMILES string of the molecule is O=C[C@@H]1CC2(CCCC2)CN1. The molecule has 1 aliphatic heterocycles. The number of rotatable bonds is 1. The lowest BCUT2D eigenvalue weighted by molar-refractivity contribution is -0.109. The lowest BCUT2D eigenvalue weighted by Crippen LogP contribution is -2.23. The van der Waals surface area contributed by atoms with Gasteiger partial charge in [-0.15, -0.1) is 0 Å². The Balaban J connectivity index is 2.01. The Morgan fingerprint density at radius 1 is 1.36 bits per heavy atom. The van der Waals surface area contributed by atoms with Gasteiger partial charge < -0.3 is 10.1 Å². The Labute approximate surface area is 67.4 Å². The molecule has 2 nitrogen and oxygen atoms in total. The number of aldehydes is 1. The molecule has 1 heterocycles. The second-order valence-electron chi connectivity index (χ2n) is 4.03. The van der Waals surface area contributed by atoms with E-state index in [1.165, 1.54) is 25.7 Å². The van der Waals surface area contributed by atoms with Crippen LogP contribution in [-0.2, 0) is 4.79 Å². The summed E-state index contributed by atoms with van der Waals surface area (Å²) in [5.41, 5.74) is 0.519. The Morgan fingerprint density at radius 2 is 2.09 bits per heavy atom. The van der Waals surface area contributed by atoms with E-state index in [0.717, 1.165) is 19.3 Å². The van der Waals surface area contributed by atoms with E-state index in [1.54, 1.807) is 0 Å². The summed E-state index contributed by atoms with van der Waals surface area (Å²) in [5, 5.41) is 3.27. The molecule has 1 saturated heterocycles. The van der Waals surface area contributed by atoms with Gasteiger partial charge >= 0.3 is 0 Å². The molecule has 0 aromatic rings. The summed E-state index contributed by atoms with van der Waals surface area (Å²) < 4.78 is 0. The molecule has 1 aliphatic carbocycles. The predicted molar refractivity (Wildman–Crippen MR) is 43.4 cm³/mol. The third-order valence-electron chi connectivity index (χ3n) is 3.22. The molecule has 0 amide bonds. The van der Waals surface area contributed by atoms with Gasteiger partial charge in [-0.1, -0.05) is 12.8 Å². The summed E-state index contributed by atoms with van der Waals surface area (Å²) in [6.45, 7) is 1.08. The molecule has 0 aromatic heterocycles.